The number of hydrogen-bond donors (Lipinski definition) is 1. The molecule has 0 radical (unpaired) electrons. The summed E-state index contributed by atoms with van der Waals surface area (Å²) in [6.07, 6.45) is -0.505. The van der Waals surface area contributed by atoms with Crippen molar-refractivity contribution in [1.82, 2.24) is 5.32 Å². The number of ether oxygens (including phenoxy) is 1. The third kappa shape index (κ3) is 2.60. The molecule has 0 bridgehead atoms. The molecule has 15 heavy (non-hydrogen) atoms. The van der Waals surface area contributed by atoms with Crippen molar-refractivity contribution in [2.75, 3.05) is 6.61 Å². The Balaban J connectivity index is 0.00000112. The monoisotopic (exact) mass is 295 g/mol. The van der Waals surface area contributed by atoms with E-state index in [0.717, 1.165) is 4.47 Å². The molecule has 82 valence electrons. The van der Waals surface area contributed by atoms with Gasteiger partial charge in [0.05, 0.1) is 6.04 Å². The van der Waals surface area contributed by atoms with E-state index in [4.69, 9.17) is 0 Å². The minimum atomic E-state index is -0.505. The van der Waals surface area contributed by atoms with E-state index in [-0.39, 0.29) is 30.9 Å². The molecule has 1 atom stereocenters. The Morgan fingerprint density at radius 2 is 2.27 bits per heavy atom. The highest BCUT2D eigenvalue weighted by atomic mass is 79.9. The van der Waals surface area contributed by atoms with Crippen LogP contribution in [0.3, 0.4) is 0 Å². The van der Waals surface area contributed by atoms with E-state index < -0.39 is 6.09 Å². The van der Waals surface area contributed by atoms with Crippen LogP contribution in [0.5, 0.6) is 0 Å². The molecule has 1 saturated heterocycles. The van der Waals surface area contributed by atoms with Crippen molar-refractivity contribution in [3.8, 4) is 0 Å². The fourth-order valence-electron chi connectivity index (χ4n) is 1.33. The lowest BCUT2D eigenvalue weighted by Gasteiger charge is -2.08. The molecule has 6 heteroatoms. The molecule has 1 heterocycles. The Kier molecular flexibility index (Phi) is 3.93. The van der Waals surface area contributed by atoms with Gasteiger partial charge in [-0.2, -0.15) is 0 Å². The van der Waals surface area contributed by atoms with Crippen molar-refractivity contribution in [2.24, 2.45) is 0 Å². The van der Waals surface area contributed by atoms with Crippen molar-refractivity contribution < 1.29 is 13.9 Å². The molecule has 3 nitrogen and oxygen atoms in total. The molecule has 1 fully saturated rings. The fourth-order valence-corrected chi connectivity index (χ4v) is 1.71. The van der Waals surface area contributed by atoms with Gasteiger partial charge in [-0.25, -0.2) is 9.18 Å². The molecule has 1 amide bonds. The average molecular weight is 297 g/mol. The second-order valence-electron chi connectivity index (χ2n) is 2.96. The fraction of sp³-hybridized carbons (Fsp3) is 0.222. The molecule has 1 aromatic carbocycles. The number of benzene rings is 1. The first kappa shape index (κ1) is 12.3. The summed E-state index contributed by atoms with van der Waals surface area (Å²) < 4.78 is 18.8. The van der Waals surface area contributed by atoms with Gasteiger partial charge in [-0.1, -0.05) is 15.9 Å². The van der Waals surface area contributed by atoms with Crippen LogP contribution in [0.1, 0.15) is 11.6 Å². The maximum Gasteiger partial charge on any atom is 0.407 e. The van der Waals surface area contributed by atoms with Crippen LogP contribution in [0, 0.1) is 5.82 Å². The van der Waals surface area contributed by atoms with Crippen molar-refractivity contribution in [3.63, 3.8) is 0 Å². The second-order valence-corrected chi connectivity index (χ2v) is 3.88. The summed E-state index contributed by atoms with van der Waals surface area (Å²) in [6, 6.07) is 4.20. The molecular weight excluding hydrogens is 288 g/mol. The van der Waals surface area contributed by atoms with Crippen LogP contribution in [0.15, 0.2) is 22.7 Å². The third-order valence-electron chi connectivity index (χ3n) is 2.01. The van der Waals surface area contributed by atoms with Gasteiger partial charge >= 0.3 is 6.09 Å². The highest BCUT2D eigenvalue weighted by Gasteiger charge is 2.26. The Morgan fingerprint density at radius 3 is 2.87 bits per heavy atom. The van der Waals surface area contributed by atoms with E-state index in [1.54, 1.807) is 12.1 Å². The van der Waals surface area contributed by atoms with Gasteiger partial charge in [0, 0.05) is 10.0 Å². The quantitative estimate of drug-likeness (QED) is 0.865. The zero-order valence-electron chi connectivity index (χ0n) is 7.50. The number of halogens is 3. The Labute approximate surface area is 101 Å². The van der Waals surface area contributed by atoms with Crippen LogP contribution in [0.4, 0.5) is 9.18 Å². The molecule has 0 unspecified atom stereocenters. The number of alkyl carbamates (subject to hydrolysis) is 1. The van der Waals surface area contributed by atoms with E-state index in [1.807, 2.05) is 0 Å². The van der Waals surface area contributed by atoms with Gasteiger partial charge in [0.25, 0.3) is 0 Å². The highest BCUT2D eigenvalue weighted by Crippen LogP contribution is 2.24. The van der Waals surface area contributed by atoms with Crippen molar-refractivity contribution in [2.45, 2.75) is 6.04 Å². The van der Waals surface area contributed by atoms with Crippen LogP contribution < -0.4 is 5.32 Å². The lowest BCUT2D eigenvalue weighted by atomic mass is 10.1. The van der Waals surface area contributed by atoms with Gasteiger partial charge in [-0.05, 0) is 18.2 Å². The van der Waals surface area contributed by atoms with Crippen LogP contribution in [0.2, 0.25) is 0 Å². The van der Waals surface area contributed by atoms with E-state index >= 15 is 0 Å². The molecule has 1 aliphatic rings. The van der Waals surface area contributed by atoms with Gasteiger partial charge < -0.3 is 10.1 Å². The minimum absolute atomic E-state index is 0. The van der Waals surface area contributed by atoms with Crippen molar-refractivity contribution in [3.05, 3.63) is 34.1 Å². The van der Waals surface area contributed by atoms with E-state index in [0.29, 0.717) is 5.56 Å². The zero-order chi connectivity index (χ0) is 10.1. The highest BCUT2D eigenvalue weighted by molar-refractivity contribution is 9.10. The number of carbonyl (C=O) groups excluding carboxylic acids is 1. The zero-order valence-corrected chi connectivity index (χ0v) is 9.90. The Morgan fingerprint density at radius 1 is 1.53 bits per heavy atom. The Bertz CT molecular complexity index is 388. The SMILES string of the molecule is Cl.O=C1N[C@H](c2cc(Br)ccc2F)CO1. The first-order chi connectivity index (χ1) is 6.66. The molecule has 2 rings (SSSR count). The van der Waals surface area contributed by atoms with Gasteiger partial charge in [-0.3, -0.25) is 0 Å². The molecule has 0 saturated carbocycles. The van der Waals surface area contributed by atoms with Gasteiger partial charge in [-0.15, -0.1) is 12.4 Å². The number of hydrogen-bond acceptors (Lipinski definition) is 2. The van der Waals surface area contributed by atoms with Crippen LogP contribution in [-0.2, 0) is 4.74 Å². The first-order valence-corrected chi connectivity index (χ1v) is 4.84. The standard InChI is InChI=1S/C9H7BrFNO2.ClH/c10-5-1-2-7(11)6(3-5)8-4-14-9(13)12-8;/h1-3,8H,4H2,(H,12,13);1H/t8-;/m0./s1. The summed E-state index contributed by atoms with van der Waals surface area (Å²) in [5.74, 6) is -0.344. The molecule has 0 aliphatic carbocycles. The average Bonchev–Trinajstić information content (AvgIpc) is 2.56. The maximum absolute atomic E-state index is 13.3. The molecule has 1 aromatic rings. The van der Waals surface area contributed by atoms with Crippen molar-refractivity contribution in [1.29, 1.82) is 0 Å². The number of cyclic esters (lactones) is 1. The molecule has 1 aliphatic heterocycles. The van der Waals surface area contributed by atoms with E-state index in [9.17, 15) is 9.18 Å². The topological polar surface area (TPSA) is 38.3 Å². The molecule has 0 aromatic heterocycles. The summed E-state index contributed by atoms with van der Waals surface area (Å²) in [6.45, 7) is 0.173. The number of rotatable bonds is 1. The van der Waals surface area contributed by atoms with E-state index in [1.165, 1.54) is 6.07 Å². The predicted octanol–water partition coefficient (Wildman–Crippen LogP) is 2.79. The molecular formula is C9H8BrClFNO2. The molecule has 0 spiro atoms. The van der Waals surface area contributed by atoms with Crippen LogP contribution in [-0.4, -0.2) is 12.7 Å². The van der Waals surface area contributed by atoms with Crippen molar-refractivity contribution >= 4 is 34.4 Å². The lowest BCUT2D eigenvalue weighted by molar-refractivity contribution is 0.177. The summed E-state index contributed by atoms with van der Waals surface area (Å²) >= 11 is 3.24. The summed E-state index contributed by atoms with van der Waals surface area (Å²) in [5.41, 5.74) is 0.435. The maximum atomic E-state index is 13.3. The predicted molar refractivity (Wildman–Crippen MR) is 58.6 cm³/mol. The number of carbonyl (C=O) groups is 1. The number of amides is 1. The van der Waals surface area contributed by atoms with Gasteiger partial charge in [0.1, 0.15) is 12.4 Å². The molecule has 1 N–H and O–H groups in total. The van der Waals surface area contributed by atoms with Crippen LogP contribution >= 0.6 is 28.3 Å². The smallest absolute Gasteiger partial charge is 0.407 e. The van der Waals surface area contributed by atoms with Gasteiger partial charge in [0.15, 0.2) is 0 Å². The summed E-state index contributed by atoms with van der Waals surface area (Å²) in [5, 5.41) is 2.52. The minimum Gasteiger partial charge on any atom is -0.447 e. The summed E-state index contributed by atoms with van der Waals surface area (Å²) in [7, 11) is 0. The second kappa shape index (κ2) is 4.81. The summed E-state index contributed by atoms with van der Waals surface area (Å²) in [4.78, 5) is 10.8. The van der Waals surface area contributed by atoms with E-state index in [2.05, 4.69) is 26.0 Å². The first-order valence-electron chi connectivity index (χ1n) is 4.05. The lowest BCUT2D eigenvalue weighted by Crippen LogP contribution is -2.19. The Hall–Kier alpha value is -0.810. The van der Waals surface area contributed by atoms with Gasteiger partial charge in [0.2, 0.25) is 0 Å². The normalized spacial score (nSPS) is 19.1. The number of nitrogens with one attached hydrogen (secondary N) is 1. The van der Waals surface area contributed by atoms with Crippen LogP contribution in [0.25, 0.3) is 0 Å². The largest absolute Gasteiger partial charge is 0.447 e. The third-order valence-corrected chi connectivity index (χ3v) is 2.50.